The Morgan fingerprint density at radius 3 is 2.27 bits per heavy atom. The Hall–Kier alpha value is -2.87. The predicted octanol–water partition coefficient (Wildman–Crippen LogP) is 3.16. The first-order valence-corrected chi connectivity index (χ1v) is 9.87. The normalized spacial score (nSPS) is 20.8. The quantitative estimate of drug-likeness (QED) is 0.717. The van der Waals surface area contributed by atoms with Crippen molar-refractivity contribution >= 4 is 17.5 Å². The van der Waals surface area contributed by atoms with Gasteiger partial charge in [-0.2, -0.15) is 13.2 Å². The summed E-state index contributed by atoms with van der Waals surface area (Å²) in [6.07, 6.45) is -4.23. The molecule has 2 aliphatic rings. The van der Waals surface area contributed by atoms with Crippen molar-refractivity contribution in [1.82, 2.24) is 9.80 Å². The van der Waals surface area contributed by atoms with E-state index in [1.54, 1.807) is 6.07 Å². The molecule has 5 nitrogen and oxygen atoms in total. The van der Waals surface area contributed by atoms with E-state index in [1.165, 1.54) is 11.0 Å². The topological polar surface area (TPSA) is 43.9 Å². The van der Waals surface area contributed by atoms with Crippen LogP contribution in [0.1, 0.15) is 17.5 Å². The molecule has 0 aliphatic carbocycles. The summed E-state index contributed by atoms with van der Waals surface area (Å²) >= 11 is 0. The molecule has 0 bridgehead atoms. The maximum absolute atomic E-state index is 13.0. The van der Waals surface area contributed by atoms with Crippen LogP contribution in [-0.2, 0) is 22.3 Å². The second kappa shape index (κ2) is 8.10. The van der Waals surface area contributed by atoms with Crippen molar-refractivity contribution in [2.75, 3.05) is 31.1 Å². The van der Waals surface area contributed by atoms with Gasteiger partial charge in [-0.25, -0.2) is 0 Å². The monoisotopic (exact) mass is 417 g/mol. The number of carbonyl (C=O) groups excluding carboxylic acids is 2. The summed E-state index contributed by atoms with van der Waals surface area (Å²) < 4.78 is 38.9. The molecule has 2 fully saturated rings. The minimum atomic E-state index is -4.38. The Bertz CT molecular complexity index is 925. The van der Waals surface area contributed by atoms with Crippen LogP contribution in [0.2, 0.25) is 0 Å². The Balaban J connectivity index is 1.39. The van der Waals surface area contributed by atoms with E-state index in [1.807, 2.05) is 40.1 Å². The van der Waals surface area contributed by atoms with Crippen LogP contribution in [0.15, 0.2) is 54.6 Å². The van der Waals surface area contributed by atoms with Crippen molar-refractivity contribution in [1.29, 1.82) is 0 Å². The fourth-order valence-electron chi connectivity index (χ4n) is 4.05. The fourth-order valence-corrected chi connectivity index (χ4v) is 4.05. The molecule has 158 valence electrons. The Morgan fingerprint density at radius 1 is 0.900 bits per heavy atom. The largest absolute Gasteiger partial charge is 0.416 e. The highest BCUT2D eigenvalue weighted by atomic mass is 19.4. The lowest BCUT2D eigenvalue weighted by Crippen LogP contribution is -2.52. The fraction of sp³-hybridized carbons (Fsp3) is 0.364. The number of anilines is 1. The van der Waals surface area contributed by atoms with Crippen LogP contribution in [-0.4, -0.2) is 53.8 Å². The third kappa shape index (κ3) is 4.18. The summed E-state index contributed by atoms with van der Waals surface area (Å²) in [7, 11) is 0. The molecule has 0 aromatic heterocycles. The molecule has 30 heavy (non-hydrogen) atoms. The zero-order valence-corrected chi connectivity index (χ0v) is 16.3. The van der Waals surface area contributed by atoms with E-state index in [9.17, 15) is 22.8 Å². The Labute approximate surface area is 172 Å². The number of nitrogens with zero attached hydrogens (tertiary/aromatic N) is 3. The third-order valence-corrected chi connectivity index (χ3v) is 5.70. The Morgan fingerprint density at radius 2 is 1.60 bits per heavy atom. The Kier molecular flexibility index (Phi) is 5.51. The molecule has 2 amide bonds. The molecular formula is C22H22F3N3O2. The number of alkyl halides is 3. The predicted molar refractivity (Wildman–Crippen MR) is 106 cm³/mol. The van der Waals surface area contributed by atoms with Gasteiger partial charge in [-0.15, -0.1) is 0 Å². The number of rotatable bonds is 4. The van der Waals surface area contributed by atoms with Crippen LogP contribution >= 0.6 is 0 Å². The molecule has 0 saturated carbocycles. The van der Waals surface area contributed by atoms with Gasteiger partial charge in [0.05, 0.1) is 24.6 Å². The van der Waals surface area contributed by atoms with E-state index in [0.717, 1.165) is 17.7 Å². The van der Waals surface area contributed by atoms with E-state index in [0.29, 0.717) is 31.9 Å². The van der Waals surface area contributed by atoms with Gasteiger partial charge >= 0.3 is 6.18 Å². The number of benzene rings is 2. The highest BCUT2D eigenvalue weighted by molar-refractivity contribution is 6.05. The average molecular weight is 417 g/mol. The van der Waals surface area contributed by atoms with Gasteiger partial charge in [0.2, 0.25) is 11.8 Å². The van der Waals surface area contributed by atoms with Gasteiger partial charge in [-0.05, 0) is 23.8 Å². The summed E-state index contributed by atoms with van der Waals surface area (Å²) in [5, 5.41) is 0. The minimum absolute atomic E-state index is 0.148. The summed E-state index contributed by atoms with van der Waals surface area (Å²) in [5.74, 6) is -0.384. The van der Waals surface area contributed by atoms with E-state index < -0.39 is 17.8 Å². The summed E-state index contributed by atoms with van der Waals surface area (Å²) in [6.45, 7) is 2.29. The maximum Gasteiger partial charge on any atom is 0.416 e. The van der Waals surface area contributed by atoms with Crippen molar-refractivity contribution in [2.24, 2.45) is 0 Å². The number of carbonyl (C=O) groups is 2. The van der Waals surface area contributed by atoms with E-state index in [2.05, 4.69) is 0 Å². The maximum atomic E-state index is 13.0. The summed E-state index contributed by atoms with van der Waals surface area (Å²) in [5.41, 5.74) is 0.744. The number of amides is 2. The van der Waals surface area contributed by atoms with Crippen molar-refractivity contribution < 1.29 is 22.8 Å². The zero-order chi connectivity index (χ0) is 21.3. The second-order valence-corrected chi connectivity index (χ2v) is 7.59. The number of piperazine rings is 1. The molecule has 2 heterocycles. The lowest BCUT2D eigenvalue weighted by atomic mass is 10.1. The molecule has 4 rings (SSSR count). The van der Waals surface area contributed by atoms with Crippen molar-refractivity contribution in [3.05, 3.63) is 65.7 Å². The molecule has 1 atom stereocenters. The minimum Gasteiger partial charge on any atom is -0.369 e. The molecule has 0 spiro atoms. The van der Waals surface area contributed by atoms with Crippen LogP contribution in [0, 0.1) is 0 Å². The van der Waals surface area contributed by atoms with Crippen LogP contribution in [0.4, 0.5) is 18.9 Å². The number of likely N-dealkylation sites (tertiary alicyclic amines) is 1. The number of halogens is 3. The molecule has 2 aliphatic heterocycles. The number of hydrogen-bond donors (Lipinski definition) is 0. The molecule has 0 unspecified atom stereocenters. The second-order valence-electron chi connectivity index (χ2n) is 7.59. The first-order valence-electron chi connectivity index (χ1n) is 9.87. The van der Waals surface area contributed by atoms with Crippen molar-refractivity contribution in [3.8, 4) is 0 Å². The van der Waals surface area contributed by atoms with E-state index in [4.69, 9.17) is 0 Å². The summed E-state index contributed by atoms with van der Waals surface area (Å²) in [6, 6.07) is 14.2. The molecule has 2 aromatic rings. The van der Waals surface area contributed by atoms with Gasteiger partial charge in [-0.3, -0.25) is 19.4 Å². The first kappa shape index (κ1) is 20.4. The van der Waals surface area contributed by atoms with Crippen LogP contribution in [0.25, 0.3) is 0 Å². The van der Waals surface area contributed by atoms with Crippen LogP contribution in [0.3, 0.4) is 0 Å². The molecular weight excluding hydrogens is 395 g/mol. The first-order chi connectivity index (χ1) is 14.3. The van der Waals surface area contributed by atoms with Gasteiger partial charge in [0.15, 0.2) is 0 Å². The average Bonchev–Trinajstić information content (AvgIpc) is 3.02. The van der Waals surface area contributed by atoms with Gasteiger partial charge in [0.25, 0.3) is 0 Å². The van der Waals surface area contributed by atoms with E-state index >= 15 is 0 Å². The van der Waals surface area contributed by atoms with Gasteiger partial charge in [0.1, 0.15) is 0 Å². The molecule has 0 radical (unpaired) electrons. The zero-order valence-electron chi connectivity index (χ0n) is 16.3. The number of hydrogen-bond acceptors (Lipinski definition) is 4. The van der Waals surface area contributed by atoms with Gasteiger partial charge in [0, 0.05) is 31.9 Å². The van der Waals surface area contributed by atoms with Gasteiger partial charge < -0.3 is 4.90 Å². The molecule has 8 heteroatoms. The highest BCUT2D eigenvalue weighted by Gasteiger charge is 2.42. The molecule has 2 saturated heterocycles. The third-order valence-electron chi connectivity index (χ3n) is 5.70. The van der Waals surface area contributed by atoms with Gasteiger partial charge in [-0.1, -0.05) is 36.4 Å². The number of imide groups is 1. The lowest BCUT2D eigenvalue weighted by molar-refractivity contribution is -0.140. The summed E-state index contributed by atoms with van der Waals surface area (Å²) in [4.78, 5) is 30.4. The van der Waals surface area contributed by atoms with Crippen LogP contribution < -0.4 is 4.90 Å². The standard InChI is InChI=1S/C22H22F3N3O2/c23-22(24,25)17-7-4-8-18(13-17)26-9-11-27(12-10-26)19-14-20(29)28(21(19)30)15-16-5-2-1-3-6-16/h1-8,13,19H,9-12,14-15H2/t19-/m1/s1. The molecule has 0 N–H and O–H groups in total. The smallest absolute Gasteiger partial charge is 0.369 e. The molecule has 2 aromatic carbocycles. The van der Waals surface area contributed by atoms with Crippen LogP contribution in [0.5, 0.6) is 0 Å². The SMILES string of the molecule is O=C1C[C@@H](N2CCN(c3cccc(C(F)(F)F)c3)CC2)C(=O)N1Cc1ccccc1. The lowest BCUT2D eigenvalue weighted by Gasteiger charge is -2.38. The van der Waals surface area contributed by atoms with Crippen molar-refractivity contribution in [2.45, 2.75) is 25.2 Å². The van der Waals surface area contributed by atoms with Crippen molar-refractivity contribution in [3.63, 3.8) is 0 Å². The van der Waals surface area contributed by atoms with E-state index in [-0.39, 0.29) is 24.8 Å². The highest BCUT2D eigenvalue weighted by Crippen LogP contribution is 2.32.